The maximum atomic E-state index is 12.9. The molecule has 1 aromatic carbocycles. The van der Waals surface area contributed by atoms with Crippen LogP contribution in [-0.2, 0) is 17.6 Å². The number of carbonyl (C=O) groups is 1. The summed E-state index contributed by atoms with van der Waals surface area (Å²) in [7, 11) is 0. The van der Waals surface area contributed by atoms with Crippen molar-refractivity contribution in [1.82, 2.24) is 9.38 Å². The highest BCUT2D eigenvalue weighted by Crippen LogP contribution is 2.31. The predicted octanol–water partition coefficient (Wildman–Crippen LogP) is 4.66. The second-order valence-corrected chi connectivity index (χ2v) is 7.71. The number of carbonyl (C=O) groups excluding carboxylic acids is 1. The van der Waals surface area contributed by atoms with Gasteiger partial charge >= 0.3 is 0 Å². The highest BCUT2D eigenvalue weighted by molar-refractivity contribution is 6.34. The zero-order valence-electron chi connectivity index (χ0n) is 15.3. The molecule has 1 amide bonds. The van der Waals surface area contributed by atoms with Crippen molar-refractivity contribution in [2.24, 2.45) is 5.92 Å². The largest absolute Gasteiger partial charge is 0.324 e. The Morgan fingerprint density at radius 2 is 2.04 bits per heavy atom. The number of halogens is 1. The third-order valence-electron chi connectivity index (χ3n) is 5.17. The number of amides is 1. The maximum absolute atomic E-state index is 12.9. The van der Waals surface area contributed by atoms with Crippen LogP contribution >= 0.6 is 11.6 Å². The molecule has 0 spiro atoms. The topological polar surface area (TPSA) is 46.4 Å². The number of hydrogen-bond acceptors (Lipinski definition) is 2. The lowest BCUT2D eigenvalue weighted by atomic mass is 9.89. The number of nitrogens with zero attached hydrogens (tertiary/aromatic N) is 2. The van der Waals surface area contributed by atoms with E-state index in [-0.39, 0.29) is 11.8 Å². The third-order valence-corrected chi connectivity index (χ3v) is 5.47. The summed E-state index contributed by atoms with van der Waals surface area (Å²) >= 11 is 6.35. The molecule has 2 aromatic heterocycles. The van der Waals surface area contributed by atoms with E-state index in [1.54, 1.807) is 0 Å². The van der Waals surface area contributed by atoms with E-state index in [2.05, 4.69) is 28.9 Å². The quantitative estimate of drug-likeness (QED) is 0.716. The van der Waals surface area contributed by atoms with Crippen molar-refractivity contribution in [1.29, 1.82) is 0 Å². The Morgan fingerprint density at radius 1 is 1.23 bits per heavy atom. The van der Waals surface area contributed by atoms with Gasteiger partial charge in [0.15, 0.2) is 0 Å². The molecule has 2 heterocycles. The van der Waals surface area contributed by atoms with Crippen molar-refractivity contribution in [3.63, 3.8) is 0 Å². The molecule has 0 fully saturated rings. The molecule has 134 valence electrons. The van der Waals surface area contributed by atoms with Gasteiger partial charge in [-0.2, -0.15) is 0 Å². The summed E-state index contributed by atoms with van der Waals surface area (Å²) in [5.74, 6) is -0.0354. The van der Waals surface area contributed by atoms with Crippen LogP contribution in [0.5, 0.6) is 0 Å². The van der Waals surface area contributed by atoms with Gasteiger partial charge in [-0.15, -0.1) is 0 Å². The molecule has 1 atom stereocenters. The van der Waals surface area contributed by atoms with Gasteiger partial charge in [0.1, 0.15) is 5.65 Å². The van der Waals surface area contributed by atoms with Crippen molar-refractivity contribution in [3.8, 4) is 0 Å². The molecule has 1 aliphatic rings. The normalized spacial score (nSPS) is 16.5. The van der Waals surface area contributed by atoms with Gasteiger partial charge in [-0.25, -0.2) is 4.98 Å². The number of nitrogens with one attached hydrogen (secondary N) is 1. The molecule has 0 aliphatic heterocycles. The SMILES string of the molecule is Cc1cc(C)c(NC(=O)C2CCc3nc4ccc(C)cn4c3C2)c(Cl)c1. The van der Waals surface area contributed by atoms with E-state index in [1.165, 1.54) is 5.56 Å². The molecule has 4 nitrogen and oxygen atoms in total. The number of aromatic nitrogens is 2. The van der Waals surface area contributed by atoms with E-state index in [1.807, 2.05) is 32.0 Å². The first-order valence-corrected chi connectivity index (χ1v) is 9.34. The fourth-order valence-electron chi connectivity index (χ4n) is 3.83. The Bertz CT molecular complexity index is 999. The van der Waals surface area contributed by atoms with Crippen LogP contribution in [0.1, 0.15) is 34.5 Å². The molecule has 0 saturated carbocycles. The van der Waals surface area contributed by atoms with Crippen molar-refractivity contribution < 1.29 is 4.79 Å². The van der Waals surface area contributed by atoms with Crippen LogP contribution in [0, 0.1) is 26.7 Å². The first-order valence-electron chi connectivity index (χ1n) is 8.96. The highest BCUT2D eigenvalue weighted by atomic mass is 35.5. The molecule has 5 heteroatoms. The number of hydrogen-bond donors (Lipinski definition) is 1. The van der Waals surface area contributed by atoms with Crippen LogP contribution in [0.25, 0.3) is 5.65 Å². The zero-order valence-corrected chi connectivity index (χ0v) is 16.0. The van der Waals surface area contributed by atoms with Gasteiger partial charge in [-0.3, -0.25) is 4.79 Å². The fourth-order valence-corrected chi connectivity index (χ4v) is 4.20. The molecule has 0 saturated heterocycles. The maximum Gasteiger partial charge on any atom is 0.227 e. The standard InChI is InChI=1S/C21H22ClN3O/c1-12-4-7-19-23-17-6-5-15(10-18(17)25(19)11-12)21(26)24-20-14(3)8-13(2)9-16(20)22/h4,7-9,11,15H,5-6,10H2,1-3H3,(H,24,26). The summed E-state index contributed by atoms with van der Waals surface area (Å²) in [4.78, 5) is 17.6. The molecule has 0 bridgehead atoms. The summed E-state index contributed by atoms with van der Waals surface area (Å²) in [6.07, 6.45) is 4.44. The molecular weight excluding hydrogens is 346 g/mol. The second kappa shape index (κ2) is 6.44. The molecule has 3 aromatic rings. The number of anilines is 1. The average Bonchev–Trinajstić information content (AvgIpc) is 2.95. The minimum absolute atomic E-state index is 0.0344. The van der Waals surface area contributed by atoms with Crippen LogP contribution in [0.2, 0.25) is 5.02 Å². The summed E-state index contributed by atoms with van der Waals surface area (Å²) in [5, 5.41) is 3.65. The van der Waals surface area contributed by atoms with Gasteiger partial charge in [0.2, 0.25) is 5.91 Å². The number of benzene rings is 1. The van der Waals surface area contributed by atoms with Crippen molar-refractivity contribution in [3.05, 3.63) is 63.6 Å². The lowest BCUT2D eigenvalue weighted by Crippen LogP contribution is -2.29. The smallest absolute Gasteiger partial charge is 0.227 e. The molecule has 26 heavy (non-hydrogen) atoms. The number of rotatable bonds is 2. The first-order chi connectivity index (χ1) is 12.4. The van der Waals surface area contributed by atoms with Crippen molar-refractivity contribution >= 4 is 28.8 Å². The van der Waals surface area contributed by atoms with E-state index >= 15 is 0 Å². The molecule has 4 rings (SSSR count). The minimum Gasteiger partial charge on any atom is -0.324 e. The number of fused-ring (bicyclic) bond motifs is 3. The lowest BCUT2D eigenvalue weighted by Gasteiger charge is -2.22. The Kier molecular flexibility index (Phi) is 4.23. The summed E-state index contributed by atoms with van der Waals surface area (Å²) in [5.41, 5.74) is 7.22. The molecule has 1 N–H and O–H groups in total. The Balaban J connectivity index is 1.60. The molecule has 1 aliphatic carbocycles. The van der Waals surface area contributed by atoms with Crippen LogP contribution in [-0.4, -0.2) is 15.3 Å². The number of imidazole rings is 1. The van der Waals surface area contributed by atoms with Gasteiger partial charge < -0.3 is 9.72 Å². The van der Waals surface area contributed by atoms with E-state index in [9.17, 15) is 4.79 Å². The predicted molar refractivity (Wildman–Crippen MR) is 105 cm³/mol. The van der Waals surface area contributed by atoms with Gasteiger partial charge in [0, 0.05) is 24.2 Å². The zero-order chi connectivity index (χ0) is 18.4. The van der Waals surface area contributed by atoms with Gasteiger partial charge in [-0.1, -0.05) is 23.7 Å². The van der Waals surface area contributed by atoms with Crippen molar-refractivity contribution in [2.45, 2.75) is 40.0 Å². The first kappa shape index (κ1) is 17.1. The van der Waals surface area contributed by atoms with Crippen LogP contribution in [0.3, 0.4) is 0 Å². The number of pyridine rings is 1. The van der Waals surface area contributed by atoms with Crippen LogP contribution in [0.15, 0.2) is 30.5 Å². The summed E-state index contributed by atoms with van der Waals surface area (Å²) in [6.45, 7) is 6.04. The Hall–Kier alpha value is -2.33. The second-order valence-electron chi connectivity index (χ2n) is 7.31. The monoisotopic (exact) mass is 367 g/mol. The lowest BCUT2D eigenvalue weighted by molar-refractivity contribution is -0.120. The van der Waals surface area contributed by atoms with E-state index < -0.39 is 0 Å². The van der Waals surface area contributed by atoms with Crippen molar-refractivity contribution in [2.75, 3.05) is 5.32 Å². The summed E-state index contributed by atoms with van der Waals surface area (Å²) < 4.78 is 2.13. The van der Waals surface area contributed by atoms with Gasteiger partial charge in [0.25, 0.3) is 0 Å². The molecule has 0 radical (unpaired) electrons. The fraction of sp³-hybridized carbons (Fsp3) is 0.333. The Labute approximate surface area is 158 Å². The van der Waals surface area contributed by atoms with Gasteiger partial charge in [-0.05, 0) is 62.4 Å². The summed E-state index contributed by atoms with van der Waals surface area (Å²) in [6, 6.07) is 8.03. The van der Waals surface area contributed by atoms with E-state index in [0.29, 0.717) is 11.4 Å². The Morgan fingerprint density at radius 3 is 2.81 bits per heavy atom. The molecular formula is C21H22ClN3O. The van der Waals surface area contributed by atoms with E-state index in [4.69, 9.17) is 16.6 Å². The van der Waals surface area contributed by atoms with Gasteiger partial charge in [0.05, 0.1) is 16.4 Å². The van der Waals surface area contributed by atoms with Crippen LogP contribution in [0.4, 0.5) is 5.69 Å². The average molecular weight is 368 g/mol. The third kappa shape index (κ3) is 2.99. The minimum atomic E-state index is -0.0697. The number of aryl methyl sites for hydroxylation is 4. The highest BCUT2D eigenvalue weighted by Gasteiger charge is 2.28. The van der Waals surface area contributed by atoms with Crippen LogP contribution < -0.4 is 5.32 Å². The van der Waals surface area contributed by atoms with E-state index in [0.717, 1.165) is 46.7 Å². The molecule has 1 unspecified atom stereocenters.